The average Bonchev–Trinajstić information content (AvgIpc) is 2.54. The summed E-state index contributed by atoms with van der Waals surface area (Å²) >= 11 is 5.35. The summed E-state index contributed by atoms with van der Waals surface area (Å²) in [5.74, 6) is 0.655. The third kappa shape index (κ3) is 2.12. The van der Waals surface area contributed by atoms with E-state index in [1.807, 2.05) is 6.92 Å². The number of fused-ring (bicyclic) bond motifs is 1. The maximum Gasteiger partial charge on any atom is 0.408 e. The molecule has 1 heterocycles. The molecule has 0 spiro atoms. The molecule has 0 fully saturated rings. The Morgan fingerprint density at radius 2 is 2.12 bits per heavy atom. The summed E-state index contributed by atoms with van der Waals surface area (Å²) in [4.78, 5) is 0. The minimum absolute atomic E-state index is 0.0184. The van der Waals surface area contributed by atoms with Crippen molar-refractivity contribution in [1.82, 2.24) is 0 Å². The molecule has 0 radical (unpaired) electrons. The zero-order valence-electron chi connectivity index (χ0n) is 8.51. The standard InChI is InChI=1S/C11H10ClF3O/c1-6-4-8-5-7(2-3-9(8)16-6)10(12)11(13,14)15/h2-3,5-6,10H,4H2,1H3. The lowest BCUT2D eigenvalue weighted by Gasteiger charge is -2.14. The molecule has 1 aliphatic heterocycles. The van der Waals surface area contributed by atoms with Gasteiger partial charge in [-0.1, -0.05) is 12.1 Å². The fourth-order valence-electron chi connectivity index (χ4n) is 1.79. The van der Waals surface area contributed by atoms with Gasteiger partial charge in [0.2, 0.25) is 0 Å². The van der Waals surface area contributed by atoms with Crippen molar-refractivity contribution in [2.45, 2.75) is 31.0 Å². The highest BCUT2D eigenvalue weighted by molar-refractivity contribution is 6.21. The maximum atomic E-state index is 12.4. The van der Waals surface area contributed by atoms with Crippen LogP contribution in [0.1, 0.15) is 23.4 Å². The molecule has 2 unspecified atom stereocenters. The quantitative estimate of drug-likeness (QED) is 0.688. The fourth-order valence-corrected chi connectivity index (χ4v) is 1.92. The Morgan fingerprint density at radius 1 is 1.44 bits per heavy atom. The van der Waals surface area contributed by atoms with E-state index in [-0.39, 0.29) is 11.7 Å². The Bertz CT molecular complexity index is 403. The molecule has 88 valence electrons. The zero-order valence-corrected chi connectivity index (χ0v) is 9.27. The van der Waals surface area contributed by atoms with Gasteiger partial charge in [-0.05, 0) is 24.1 Å². The van der Waals surface area contributed by atoms with Crippen LogP contribution in [0.2, 0.25) is 0 Å². The van der Waals surface area contributed by atoms with Crippen molar-refractivity contribution in [3.63, 3.8) is 0 Å². The first-order valence-electron chi connectivity index (χ1n) is 4.88. The van der Waals surface area contributed by atoms with Gasteiger partial charge < -0.3 is 4.74 Å². The molecule has 0 aromatic heterocycles. The normalized spacial score (nSPS) is 21.4. The van der Waals surface area contributed by atoms with Crippen LogP contribution in [0, 0.1) is 0 Å². The van der Waals surface area contributed by atoms with Crippen LogP contribution < -0.4 is 4.74 Å². The van der Waals surface area contributed by atoms with Gasteiger partial charge in [0.25, 0.3) is 0 Å². The monoisotopic (exact) mass is 250 g/mol. The Morgan fingerprint density at radius 3 is 2.75 bits per heavy atom. The van der Waals surface area contributed by atoms with E-state index in [2.05, 4.69) is 0 Å². The minimum Gasteiger partial charge on any atom is -0.490 e. The number of halogens is 4. The van der Waals surface area contributed by atoms with Gasteiger partial charge in [-0.25, -0.2) is 0 Å². The zero-order chi connectivity index (χ0) is 11.9. The second-order valence-electron chi connectivity index (χ2n) is 3.90. The summed E-state index contributed by atoms with van der Waals surface area (Å²) < 4.78 is 42.6. The molecular formula is C11H10ClF3O. The van der Waals surface area contributed by atoms with Crippen LogP contribution in [0.15, 0.2) is 18.2 Å². The Labute approximate surface area is 96.2 Å². The molecule has 0 N–H and O–H groups in total. The summed E-state index contributed by atoms with van der Waals surface area (Å²) in [6.07, 6.45) is -3.77. The minimum atomic E-state index is -4.42. The molecule has 1 aliphatic rings. The van der Waals surface area contributed by atoms with Crippen LogP contribution in [0.5, 0.6) is 5.75 Å². The van der Waals surface area contributed by atoms with Crippen LogP contribution in [-0.2, 0) is 6.42 Å². The molecule has 16 heavy (non-hydrogen) atoms. The van der Waals surface area contributed by atoms with Gasteiger partial charge in [0.05, 0.1) is 0 Å². The van der Waals surface area contributed by atoms with Gasteiger partial charge >= 0.3 is 6.18 Å². The van der Waals surface area contributed by atoms with Crippen molar-refractivity contribution in [1.29, 1.82) is 0 Å². The number of hydrogen-bond donors (Lipinski definition) is 0. The SMILES string of the molecule is CC1Cc2cc(C(Cl)C(F)(F)F)ccc2O1. The van der Waals surface area contributed by atoms with Gasteiger partial charge in [-0.15, -0.1) is 11.6 Å². The molecule has 1 nitrogen and oxygen atoms in total. The van der Waals surface area contributed by atoms with E-state index >= 15 is 0 Å². The third-order valence-electron chi connectivity index (χ3n) is 2.50. The molecule has 0 saturated carbocycles. The van der Waals surface area contributed by atoms with E-state index in [0.29, 0.717) is 12.2 Å². The lowest BCUT2D eigenvalue weighted by molar-refractivity contribution is -0.131. The first-order valence-corrected chi connectivity index (χ1v) is 5.32. The molecule has 0 aliphatic carbocycles. The van der Waals surface area contributed by atoms with Crippen molar-refractivity contribution in [2.24, 2.45) is 0 Å². The van der Waals surface area contributed by atoms with Gasteiger partial charge in [0, 0.05) is 6.42 Å². The predicted molar refractivity (Wildman–Crippen MR) is 54.9 cm³/mol. The first-order chi connectivity index (χ1) is 7.38. The van der Waals surface area contributed by atoms with Crippen molar-refractivity contribution in [3.05, 3.63) is 29.3 Å². The fraction of sp³-hybridized carbons (Fsp3) is 0.455. The number of alkyl halides is 4. The molecule has 1 aromatic carbocycles. The van der Waals surface area contributed by atoms with Crippen LogP contribution >= 0.6 is 11.6 Å². The van der Waals surface area contributed by atoms with E-state index in [1.54, 1.807) is 6.07 Å². The summed E-state index contributed by atoms with van der Waals surface area (Å²) in [6.45, 7) is 1.88. The molecular weight excluding hydrogens is 241 g/mol. The van der Waals surface area contributed by atoms with Gasteiger partial charge in [-0.2, -0.15) is 13.2 Å². The highest BCUT2D eigenvalue weighted by Gasteiger charge is 2.39. The average molecular weight is 251 g/mol. The summed E-state index contributed by atoms with van der Waals surface area (Å²) in [6, 6.07) is 4.39. The van der Waals surface area contributed by atoms with E-state index < -0.39 is 11.6 Å². The summed E-state index contributed by atoms with van der Waals surface area (Å²) in [5.41, 5.74) is 0.866. The lowest BCUT2D eigenvalue weighted by Crippen LogP contribution is -2.15. The molecule has 2 atom stereocenters. The molecule has 0 saturated heterocycles. The van der Waals surface area contributed by atoms with Gasteiger partial charge in [0.15, 0.2) is 5.38 Å². The molecule has 1 aromatic rings. The molecule has 0 bridgehead atoms. The van der Waals surface area contributed by atoms with Crippen molar-refractivity contribution >= 4 is 11.6 Å². The Balaban J connectivity index is 2.29. The van der Waals surface area contributed by atoms with E-state index in [9.17, 15) is 13.2 Å². The van der Waals surface area contributed by atoms with Crippen LogP contribution in [0.4, 0.5) is 13.2 Å². The number of hydrogen-bond acceptors (Lipinski definition) is 1. The number of benzene rings is 1. The molecule has 0 amide bonds. The molecule has 2 rings (SSSR count). The second-order valence-corrected chi connectivity index (χ2v) is 4.34. The van der Waals surface area contributed by atoms with Crippen LogP contribution in [0.25, 0.3) is 0 Å². The lowest BCUT2D eigenvalue weighted by atomic mass is 10.0. The van der Waals surface area contributed by atoms with E-state index in [4.69, 9.17) is 16.3 Å². The van der Waals surface area contributed by atoms with E-state index in [0.717, 1.165) is 5.56 Å². The third-order valence-corrected chi connectivity index (χ3v) is 3.00. The first kappa shape index (κ1) is 11.6. The topological polar surface area (TPSA) is 9.23 Å². The predicted octanol–water partition coefficient (Wildman–Crippen LogP) is 3.85. The smallest absolute Gasteiger partial charge is 0.408 e. The summed E-state index contributed by atoms with van der Waals surface area (Å²) in [7, 11) is 0. The highest BCUT2D eigenvalue weighted by atomic mass is 35.5. The van der Waals surface area contributed by atoms with Crippen LogP contribution in [-0.4, -0.2) is 12.3 Å². The van der Waals surface area contributed by atoms with Crippen molar-refractivity contribution < 1.29 is 17.9 Å². The largest absolute Gasteiger partial charge is 0.490 e. The maximum absolute atomic E-state index is 12.4. The summed E-state index contributed by atoms with van der Waals surface area (Å²) in [5, 5.41) is -1.95. The van der Waals surface area contributed by atoms with E-state index in [1.165, 1.54) is 12.1 Å². The number of ether oxygens (including phenoxy) is 1. The second kappa shape index (κ2) is 3.84. The Kier molecular flexibility index (Phi) is 2.78. The molecule has 5 heteroatoms. The Hall–Kier alpha value is -0.900. The van der Waals surface area contributed by atoms with Crippen molar-refractivity contribution in [3.8, 4) is 5.75 Å². The highest BCUT2D eigenvalue weighted by Crippen LogP contribution is 2.40. The number of rotatable bonds is 1. The van der Waals surface area contributed by atoms with Gasteiger partial charge in [-0.3, -0.25) is 0 Å². The van der Waals surface area contributed by atoms with Crippen molar-refractivity contribution in [2.75, 3.05) is 0 Å². The van der Waals surface area contributed by atoms with Gasteiger partial charge in [0.1, 0.15) is 11.9 Å². The van der Waals surface area contributed by atoms with Crippen LogP contribution in [0.3, 0.4) is 0 Å².